The summed E-state index contributed by atoms with van der Waals surface area (Å²) in [5.74, 6) is -1.14. The quantitative estimate of drug-likeness (QED) is 0.262. The number of halogens is 5. The summed E-state index contributed by atoms with van der Waals surface area (Å²) in [6.07, 6.45) is -5.41. The van der Waals surface area contributed by atoms with E-state index >= 15 is 0 Å². The number of rotatable bonds is 8. The van der Waals surface area contributed by atoms with Gasteiger partial charge in [-0.2, -0.15) is 8.78 Å². The molecule has 3 aromatic carbocycles. The summed E-state index contributed by atoms with van der Waals surface area (Å²) in [6.45, 7) is 2.30. The standard InChI is InChI=1S/C25H21F5O2/c1-2-3-15-4-8-17(9-5-15)25(29,30)32-18-10-6-16(7-11-18)19-12-13-20(21-14-31-21)23(26)22(19)24(27)28/h4-13,21,24H,2-3,14H2,1H3. The van der Waals surface area contributed by atoms with Gasteiger partial charge in [-0.05, 0) is 47.4 Å². The molecule has 0 bridgehead atoms. The van der Waals surface area contributed by atoms with Gasteiger partial charge in [-0.3, -0.25) is 0 Å². The van der Waals surface area contributed by atoms with E-state index in [1.54, 1.807) is 12.1 Å². The van der Waals surface area contributed by atoms with Gasteiger partial charge in [0.25, 0.3) is 6.43 Å². The van der Waals surface area contributed by atoms with Crippen molar-refractivity contribution in [3.63, 3.8) is 0 Å². The van der Waals surface area contributed by atoms with E-state index in [2.05, 4.69) is 0 Å². The van der Waals surface area contributed by atoms with E-state index in [4.69, 9.17) is 9.47 Å². The molecule has 7 heteroatoms. The Kier molecular flexibility index (Phi) is 6.20. The summed E-state index contributed by atoms with van der Waals surface area (Å²) < 4.78 is 80.8. The summed E-state index contributed by atoms with van der Waals surface area (Å²) in [5, 5.41) is 0. The lowest BCUT2D eigenvalue weighted by molar-refractivity contribution is -0.185. The summed E-state index contributed by atoms with van der Waals surface area (Å²) >= 11 is 0. The van der Waals surface area contributed by atoms with E-state index in [1.165, 1.54) is 48.5 Å². The van der Waals surface area contributed by atoms with Crippen LogP contribution in [0.5, 0.6) is 5.75 Å². The first-order chi connectivity index (χ1) is 15.3. The van der Waals surface area contributed by atoms with Crippen LogP contribution in [0.15, 0.2) is 60.7 Å². The van der Waals surface area contributed by atoms with E-state index < -0.39 is 30.0 Å². The van der Waals surface area contributed by atoms with Gasteiger partial charge in [0, 0.05) is 5.56 Å². The Balaban J connectivity index is 1.56. The third-order valence-corrected chi connectivity index (χ3v) is 5.35. The predicted octanol–water partition coefficient (Wildman–Crippen LogP) is 7.58. The van der Waals surface area contributed by atoms with Crippen LogP contribution in [0.1, 0.15) is 48.1 Å². The zero-order valence-corrected chi connectivity index (χ0v) is 17.3. The van der Waals surface area contributed by atoms with Crippen molar-refractivity contribution in [2.24, 2.45) is 0 Å². The van der Waals surface area contributed by atoms with Crippen molar-refractivity contribution in [2.75, 3.05) is 6.61 Å². The van der Waals surface area contributed by atoms with E-state index in [0.29, 0.717) is 6.61 Å². The highest BCUT2D eigenvalue weighted by molar-refractivity contribution is 5.69. The molecule has 1 saturated heterocycles. The first-order valence-electron chi connectivity index (χ1n) is 10.3. The monoisotopic (exact) mass is 448 g/mol. The minimum absolute atomic E-state index is 0.00766. The highest BCUT2D eigenvalue weighted by atomic mass is 19.3. The van der Waals surface area contributed by atoms with Crippen LogP contribution in [0.3, 0.4) is 0 Å². The fourth-order valence-electron chi connectivity index (χ4n) is 3.61. The van der Waals surface area contributed by atoms with E-state index in [1.807, 2.05) is 6.92 Å². The minimum atomic E-state index is -3.57. The molecule has 2 nitrogen and oxygen atoms in total. The molecule has 1 atom stereocenters. The molecule has 0 saturated carbocycles. The smallest absolute Gasteiger partial charge is 0.426 e. The molecule has 1 aliphatic heterocycles. The van der Waals surface area contributed by atoms with Gasteiger partial charge in [0.1, 0.15) is 17.7 Å². The first-order valence-corrected chi connectivity index (χ1v) is 10.3. The number of aryl methyl sites for hydroxylation is 1. The number of benzene rings is 3. The molecular formula is C25H21F5O2. The molecule has 4 rings (SSSR count). The maximum atomic E-state index is 14.6. The molecule has 0 aliphatic carbocycles. The van der Waals surface area contributed by atoms with Gasteiger partial charge in [0.05, 0.1) is 17.7 Å². The number of hydrogen-bond acceptors (Lipinski definition) is 2. The Morgan fingerprint density at radius 3 is 2.22 bits per heavy atom. The molecule has 1 aliphatic rings. The van der Waals surface area contributed by atoms with Crippen LogP contribution in [-0.4, -0.2) is 6.61 Å². The van der Waals surface area contributed by atoms with Crippen molar-refractivity contribution < 1.29 is 31.4 Å². The number of alkyl halides is 4. The molecule has 32 heavy (non-hydrogen) atoms. The second-order valence-corrected chi connectivity index (χ2v) is 7.64. The predicted molar refractivity (Wildman–Crippen MR) is 110 cm³/mol. The number of ether oxygens (including phenoxy) is 2. The van der Waals surface area contributed by atoms with Crippen LogP contribution in [0.2, 0.25) is 0 Å². The summed E-state index contributed by atoms with van der Waals surface area (Å²) in [7, 11) is 0. The molecule has 3 aromatic rings. The van der Waals surface area contributed by atoms with Gasteiger partial charge in [-0.1, -0.05) is 49.7 Å². The van der Waals surface area contributed by atoms with Crippen LogP contribution in [0.4, 0.5) is 22.0 Å². The lowest BCUT2D eigenvalue weighted by Gasteiger charge is -2.19. The van der Waals surface area contributed by atoms with Crippen molar-refractivity contribution in [2.45, 2.75) is 38.4 Å². The molecule has 0 radical (unpaired) electrons. The number of epoxide rings is 1. The summed E-state index contributed by atoms with van der Waals surface area (Å²) in [4.78, 5) is 0. The van der Waals surface area contributed by atoms with Crippen molar-refractivity contribution >= 4 is 0 Å². The minimum Gasteiger partial charge on any atom is -0.429 e. The van der Waals surface area contributed by atoms with Crippen molar-refractivity contribution in [3.8, 4) is 16.9 Å². The van der Waals surface area contributed by atoms with Crippen molar-refractivity contribution in [1.29, 1.82) is 0 Å². The molecule has 0 spiro atoms. The molecule has 1 heterocycles. The van der Waals surface area contributed by atoms with Crippen molar-refractivity contribution in [1.82, 2.24) is 0 Å². The third kappa shape index (κ3) is 4.63. The summed E-state index contributed by atoms with van der Waals surface area (Å²) in [5.41, 5.74) is 0.283. The van der Waals surface area contributed by atoms with E-state index in [-0.39, 0.29) is 28.0 Å². The lowest BCUT2D eigenvalue weighted by atomic mass is 9.96. The second-order valence-electron chi connectivity index (χ2n) is 7.64. The molecule has 0 amide bonds. The first kappa shape index (κ1) is 22.3. The van der Waals surface area contributed by atoms with Gasteiger partial charge in [-0.15, -0.1) is 0 Å². The fraction of sp³-hybridized carbons (Fsp3) is 0.280. The Morgan fingerprint density at radius 2 is 1.66 bits per heavy atom. The van der Waals surface area contributed by atoms with E-state index in [9.17, 15) is 22.0 Å². The molecule has 0 aromatic heterocycles. The Bertz CT molecular complexity index is 1070. The van der Waals surface area contributed by atoms with Crippen LogP contribution in [-0.2, 0) is 17.3 Å². The fourth-order valence-corrected chi connectivity index (χ4v) is 3.61. The Hall–Kier alpha value is -2.93. The topological polar surface area (TPSA) is 21.8 Å². The SMILES string of the molecule is CCCc1ccc(C(F)(F)Oc2ccc(-c3ccc(C4CO4)c(F)c3C(F)F)cc2)cc1. The lowest BCUT2D eigenvalue weighted by Crippen LogP contribution is -2.21. The van der Waals surface area contributed by atoms with Gasteiger partial charge in [0.15, 0.2) is 0 Å². The summed E-state index contributed by atoms with van der Waals surface area (Å²) in [6, 6.07) is 13.9. The second kappa shape index (κ2) is 8.90. The normalized spacial score (nSPS) is 15.8. The van der Waals surface area contributed by atoms with Gasteiger partial charge < -0.3 is 9.47 Å². The largest absolute Gasteiger partial charge is 0.429 e. The molecule has 1 unspecified atom stereocenters. The third-order valence-electron chi connectivity index (χ3n) is 5.35. The van der Waals surface area contributed by atoms with E-state index in [0.717, 1.165) is 18.4 Å². The molecule has 168 valence electrons. The Morgan fingerprint density at radius 1 is 1.00 bits per heavy atom. The zero-order chi connectivity index (χ0) is 22.9. The average molecular weight is 448 g/mol. The average Bonchev–Trinajstić information content (AvgIpc) is 3.59. The maximum absolute atomic E-state index is 14.6. The van der Waals surface area contributed by atoms with Crippen LogP contribution in [0, 0.1) is 5.82 Å². The molecule has 1 fully saturated rings. The number of hydrogen-bond donors (Lipinski definition) is 0. The molecular weight excluding hydrogens is 427 g/mol. The van der Waals surface area contributed by atoms with Crippen LogP contribution in [0.25, 0.3) is 11.1 Å². The highest BCUT2D eigenvalue weighted by Crippen LogP contribution is 2.40. The highest BCUT2D eigenvalue weighted by Gasteiger charge is 2.35. The Labute approximate surface area is 182 Å². The van der Waals surface area contributed by atoms with Crippen molar-refractivity contribution in [3.05, 3.63) is 88.7 Å². The van der Waals surface area contributed by atoms with Crippen LogP contribution >= 0.6 is 0 Å². The van der Waals surface area contributed by atoms with Gasteiger partial charge in [-0.25, -0.2) is 13.2 Å². The maximum Gasteiger partial charge on any atom is 0.426 e. The van der Waals surface area contributed by atoms with Gasteiger partial charge >= 0.3 is 6.11 Å². The van der Waals surface area contributed by atoms with Gasteiger partial charge in [0.2, 0.25) is 0 Å². The molecule has 0 N–H and O–H groups in total. The van der Waals surface area contributed by atoms with Crippen LogP contribution < -0.4 is 4.74 Å². The zero-order valence-electron chi connectivity index (χ0n) is 17.3.